The zero-order chi connectivity index (χ0) is 13.7. The summed E-state index contributed by atoms with van der Waals surface area (Å²) in [5.41, 5.74) is 0.496. The fourth-order valence-corrected chi connectivity index (χ4v) is 1.73. The fraction of sp³-hybridized carbons (Fsp3) is 0.214. The topological polar surface area (TPSA) is 82.7 Å². The summed E-state index contributed by atoms with van der Waals surface area (Å²) in [5.74, 6) is -0.141. The first-order valence-electron chi connectivity index (χ1n) is 5.90. The van der Waals surface area contributed by atoms with E-state index in [1.165, 1.54) is 6.26 Å². The summed E-state index contributed by atoms with van der Waals surface area (Å²) in [6.45, 7) is -0.305. The van der Waals surface area contributed by atoms with Crippen LogP contribution in [-0.4, -0.2) is 22.7 Å². The van der Waals surface area contributed by atoms with E-state index in [0.717, 1.165) is 0 Å². The third-order valence-corrected chi connectivity index (χ3v) is 2.75. The van der Waals surface area contributed by atoms with E-state index in [1.807, 2.05) is 0 Å². The summed E-state index contributed by atoms with van der Waals surface area (Å²) >= 11 is 0. The Kier molecular flexibility index (Phi) is 4.33. The fourth-order valence-electron chi connectivity index (χ4n) is 1.73. The third-order valence-electron chi connectivity index (χ3n) is 2.75. The second-order valence-electron chi connectivity index (χ2n) is 4.07. The van der Waals surface area contributed by atoms with Crippen molar-refractivity contribution in [3.8, 4) is 0 Å². The molecule has 0 saturated carbocycles. The van der Waals surface area contributed by atoms with Crippen LogP contribution in [0, 0.1) is 0 Å². The number of hydrogen-bond acceptors (Lipinski definition) is 4. The quantitative estimate of drug-likeness (QED) is 0.754. The van der Waals surface area contributed by atoms with Gasteiger partial charge in [0.1, 0.15) is 11.8 Å². The van der Waals surface area contributed by atoms with Crippen LogP contribution in [0.5, 0.6) is 0 Å². The number of furan rings is 1. The van der Waals surface area contributed by atoms with E-state index in [0.29, 0.717) is 11.3 Å². The van der Waals surface area contributed by atoms with Gasteiger partial charge in [-0.1, -0.05) is 30.3 Å². The molecule has 0 aliphatic rings. The number of aliphatic hydroxyl groups excluding tert-OH is 2. The molecule has 0 bridgehead atoms. The third kappa shape index (κ3) is 3.21. The van der Waals surface area contributed by atoms with E-state index in [4.69, 9.17) is 4.42 Å². The minimum atomic E-state index is -1.27. The van der Waals surface area contributed by atoms with E-state index in [2.05, 4.69) is 5.32 Å². The second-order valence-corrected chi connectivity index (χ2v) is 4.07. The molecular weight excluding hydrogens is 246 g/mol. The molecule has 0 aliphatic heterocycles. The highest BCUT2D eigenvalue weighted by Crippen LogP contribution is 2.16. The number of rotatable bonds is 5. The lowest BCUT2D eigenvalue weighted by Crippen LogP contribution is -2.34. The summed E-state index contributed by atoms with van der Waals surface area (Å²) in [7, 11) is 0. The first kappa shape index (κ1) is 13.3. The van der Waals surface area contributed by atoms with Crippen molar-refractivity contribution in [2.45, 2.75) is 12.1 Å². The lowest BCUT2D eigenvalue weighted by atomic mass is 10.1. The van der Waals surface area contributed by atoms with Crippen LogP contribution < -0.4 is 5.32 Å². The van der Waals surface area contributed by atoms with Crippen LogP contribution in [0.3, 0.4) is 0 Å². The molecule has 0 saturated heterocycles. The highest BCUT2D eigenvalue weighted by molar-refractivity contribution is 5.82. The maximum Gasteiger partial charge on any atom is 0.254 e. The Bertz CT molecular complexity index is 510. The number of carbonyl (C=O) groups excluding carboxylic acids is 1. The van der Waals surface area contributed by atoms with Gasteiger partial charge in [0, 0.05) is 0 Å². The van der Waals surface area contributed by atoms with Crippen LogP contribution in [0.4, 0.5) is 0 Å². The maximum atomic E-state index is 11.9. The van der Waals surface area contributed by atoms with Crippen LogP contribution >= 0.6 is 0 Å². The van der Waals surface area contributed by atoms with E-state index >= 15 is 0 Å². The van der Waals surface area contributed by atoms with Gasteiger partial charge >= 0.3 is 0 Å². The molecule has 0 radical (unpaired) electrons. The minimum Gasteiger partial charge on any atom is -0.467 e. The maximum absolute atomic E-state index is 11.9. The Morgan fingerprint density at radius 2 is 1.95 bits per heavy atom. The van der Waals surface area contributed by atoms with Crippen molar-refractivity contribution in [2.75, 3.05) is 6.61 Å². The Morgan fingerprint density at radius 1 is 1.21 bits per heavy atom. The predicted octanol–water partition coefficient (Wildman–Crippen LogP) is 1.16. The Hall–Kier alpha value is -2.11. The largest absolute Gasteiger partial charge is 0.467 e. The van der Waals surface area contributed by atoms with Crippen LogP contribution in [0.1, 0.15) is 23.5 Å². The van der Waals surface area contributed by atoms with Crippen molar-refractivity contribution in [3.63, 3.8) is 0 Å². The van der Waals surface area contributed by atoms with Crippen LogP contribution in [-0.2, 0) is 4.79 Å². The van der Waals surface area contributed by atoms with E-state index in [-0.39, 0.29) is 6.61 Å². The molecule has 100 valence electrons. The van der Waals surface area contributed by atoms with Crippen molar-refractivity contribution in [3.05, 3.63) is 60.1 Å². The highest BCUT2D eigenvalue weighted by atomic mass is 16.3. The summed E-state index contributed by atoms with van der Waals surface area (Å²) < 4.78 is 5.12. The number of nitrogens with one attached hydrogen (secondary N) is 1. The first-order chi connectivity index (χ1) is 9.22. The highest BCUT2D eigenvalue weighted by Gasteiger charge is 2.22. The molecule has 2 rings (SSSR count). The van der Waals surface area contributed by atoms with Crippen molar-refractivity contribution in [2.24, 2.45) is 0 Å². The number of carbonyl (C=O) groups is 1. The van der Waals surface area contributed by atoms with Gasteiger partial charge in [-0.05, 0) is 17.7 Å². The number of benzene rings is 1. The van der Waals surface area contributed by atoms with Gasteiger partial charge in [0.15, 0.2) is 6.10 Å². The molecule has 5 nitrogen and oxygen atoms in total. The molecule has 3 N–H and O–H groups in total. The monoisotopic (exact) mass is 261 g/mol. The van der Waals surface area contributed by atoms with Crippen LogP contribution in [0.15, 0.2) is 53.1 Å². The SMILES string of the molecule is O=C(NC(CO)c1ccco1)[C@@H](O)c1ccccc1. The van der Waals surface area contributed by atoms with Gasteiger partial charge in [-0.25, -0.2) is 0 Å². The molecule has 1 heterocycles. The van der Waals surface area contributed by atoms with Crippen molar-refractivity contribution in [1.82, 2.24) is 5.32 Å². The normalized spacial score (nSPS) is 13.8. The standard InChI is InChI=1S/C14H15NO4/c16-9-11(12-7-4-8-19-12)15-14(18)13(17)10-5-2-1-3-6-10/h1-8,11,13,16-17H,9H2,(H,15,18)/t11?,13-/m0/s1. The minimum absolute atomic E-state index is 0.305. The molecule has 2 atom stereocenters. The Labute approximate surface area is 110 Å². The summed E-state index contributed by atoms with van der Waals surface area (Å²) in [6, 6.07) is 11.2. The van der Waals surface area contributed by atoms with Gasteiger partial charge in [-0.2, -0.15) is 0 Å². The summed E-state index contributed by atoms with van der Waals surface area (Å²) in [5, 5.41) is 21.7. The molecule has 1 unspecified atom stereocenters. The molecule has 0 fully saturated rings. The molecule has 5 heteroatoms. The van der Waals surface area contributed by atoms with Gasteiger partial charge in [0.05, 0.1) is 12.9 Å². The molecule has 0 aliphatic carbocycles. The van der Waals surface area contributed by atoms with Gasteiger partial charge in [-0.3, -0.25) is 4.79 Å². The lowest BCUT2D eigenvalue weighted by Gasteiger charge is -2.17. The van der Waals surface area contributed by atoms with Gasteiger partial charge in [-0.15, -0.1) is 0 Å². The molecule has 1 aromatic heterocycles. The zero-order valence-electron chi connectivity index (χ0n) is 10.2. The number of amides is 1. The Balaban J connectivity index is 2.04. The average molecular weight is 261 g/mol. The van der Waals surface area contributed by atoms with Crippen molar-refractivity contribution < 1.29 is 19.4 Å². The molecule has 2 aromatic rings. The van der Waals surface area contributed by atoms with E-state index in [1.54, 1.807) is 42.5 Å². The zero-order valence-corrected chi connectivity index (χ0v) is 10.2. The smallest absolute Gasteiger partial charge is 0.254 e. The van der Waals surface area contributed by atoms with Gasteiger partial charge in [0.25, 0.3) is 5.91 Å². The van der Waals surface area contributed by atoms with E-state index < -0.39 is 18.1 Å². The van der Waals surface area contributed by atoms with Crippen molar-refractivity contribution >= 4 is 5.91 Å². The number of hydrogen-bond donors (Lipinski definition) is 3. The van der Waals surface area contributed by atoms with E-state index in [9.17, 15) is 15.0 Å². The lowest BCUT2D eigenvalue weighted by molar-refractivity contribution is -0.130. The van der Waals surface area contributed by atoms with Crippen molar-refractivity contribution in [1.29, 1.82) is 0 Å². The summed E-state index contributed by atoms with van der Waals surface area (Å²) in [6.07, 6.45) is 0.183. The molecule has 0 spiro atoms. The van der Waals surface area contributed by atoms with Crippen LogP contribution in [0.25, 0.3) is 0 Å². The molecule has 1 aromatic carbocycles. The van der Waals surface area contributed by atoms with Crippen LogP contribution in [0.2, 0.25) is 0 Å². The van der Waals surface area contributed by atoms with Gasteiger partial charge in [0.2, 0.25) is 0 Å². The predicted molar refractivity (Wildman–Crippen MR) is 68.1 cm³/mol. The second kappa shape index (κ2) is 6.17. The van der Waals surface area contributed by atoms with Gasteiger partial charge < -0.3 is 19.9 Å². The first-order valence-corrected chi connectivity index (χ1v) is 5.90. The molecular formula is C14H15NO4. The summed E-state index contributed by atoms with van der Waals surface area (Å²) in [4.78, 5) is 11.9. The number of aliphatic hydroxyl groups is 2. The molecule has 19 heavy (non-hydrogen) atoms. The Morgan fingerprint density at radius 3 is 2.53 bits per heavy atom. The average Bonchev–Trinajstić information content (AvgIpc) is 2.98. The molecule has 1 amide bonds.